The van der Waals surface area contributed by atoms with Gasteiger partial charge in [-0.2, -0.15) is 23.5 Å². The Balaban J connectivity index is 3.78. The van der Waals surface area contributed by atoms with Crippen molar-refractivity contribution in [3.05, 3.63) is 0 Å². The van der Waals surface area contributed by atoms with Gasteiger partial charge in [-0.05, 0) is 37.5 Å². The summed E-state index contributed by atoms with van der Waals surface area (Å²) < 4.78 is -0.386. The number of thioether (sulfide) groups is 2. The molecule has 15 heavy (non-hydrogen) atoms. The Morgan fingerprint density at radius 3 is 2.53 bits per heavy atom. The first-order chi connectivity index (χ1) is 6.91. The maximum Gasteiger partial charge on any atom is 0.321 e. The molecule has 0 rings (SSSR count). The summed E-state index contributed by atoms with van der Waals surface area (Å²) in [5, 5.41) is 8.82. The lowest BCUT2D eigenvalue weighted by Gasteiger charge is -2.27. The molecule has 0 aromatic rings. The monoisotopic (exact) mass is 251 g/mol. The molecule has 0 aromatic carbocycles. The summed E-state index contributed by atoms with van der Waals surface area (Å²) in [6, 6.07) is -0.790. The van der Waals surface area contributed by atoms with Gasteiger partial charge in [0.15, 0.2) is 0 Å². The summed E-state index contributed by atoms with van der Waals surface area (Å²) in [7, 11) is 0. The molecule has 0 fully saturated rings. The Morgan fingerprint density at radius 2 is 2.07 bits per heavy atom. The molecule has 0 radical (unpaired) electrons. The third-order valence-corrected chi connectivity index (χ3v) is 4.60. The zero-order valence-corrected chi connectivity index (χ0v) is 11.3. The number of carbonyl (C=O) groups is 1. The lowest BCUT2D eigenvalue weighted by Crippen LogP contribution is -2.46. The molecule has 3 N–H and O–H groups in total. The van der Waals surface area contributed by atoms with Crippen LogP contribution in [0, 0.1) is 0 Å². The molecule has 90 valence electrons. The molecule has 5 heteroatoms. The fourth-order valence-corrected chi connectivity index (χ4v) is 2.94. The van der Waals surface area contributed by atoms with Crippen molar-refractivity contribution < 1.29 is 9.90 Å². The highest BCUT2D eigenvalue weighted by Gasteiger charge is 2.32. The van der Waals surface area contributed by atoms with Crippen LogP contribution >= 0.6 is 23.5 Å². The summed E-state index contributed by atoms with van der Waals surface area (Å²) in [5.41, 5.74) is 5.61. The van der Waals surface area contributed by atoms with E-state index in [0.717, 1.165) is 23.7 Å². The van der Waals surface area contributed by atoms with E-state index >= 15 is 0 Å². The molecule has 0 aliphatic heterocycles. The zero-order chi connectivity index (χ0) is 11.9. The Bertz CT molecular complexity index is 198. The first kappa shape index (κ1) is 15.1. The topological polar surface area (TPSA) is 63.3 Å². The van der Waals surface area contributed by atoms with E-state index in [9.17, 15) is 4.79 Å². The Morgan fingerprint density at radius 1 is 1.47 bits per heavy atom. The van der Waals surface area contributed by atoms with Crippen molar-refractivity contribution in [3.63, 3.8) is 0 Å². The lowest BCUT2D eigenvalue weighted by atomic mass is 10.1. The van der Waals surface area contributed by atoms with Crippen LogP contribution in [0.25, 0.3) is 0 Å². The second kappa shape index (κ2) is 7.41. The van der Waals surface area contributed by atoms with Crippen molar-refractivity contribution in [1.29, 1.82) is 0 Å². The average Bonchev–Trinajstić information content (AvgIpc) is 2.16. The fourth-order valence-electron chi connectivity index (χ4n) is 1.03. The number of nitrogens with two attached hydrogens (primary N) is 1. The normalized spacial score (nSPS) is 13.9. The van der Waals surface area contributed by atoms with Gasteiger partial charge in [0.2, 0.25) is 0 Å². The van der Waals surface area contributed by atoms with E-state index in [4.69, 9.17) is 10.8 Å². The second-order valence-corrected chi connectivity index (χ2v) is 6.96. The third-order valence-electron chi connectivity index (χ3n) is 2.13. The molecule has 0 spiro atoms. The van der Waals surface area contributed by atoms with Crippen LogP contribution in [0.3, 0.4) is 0 Å². The number of carboxylic acid groups (broad SMARTS) is 1. The highest BCUT2D eigenvalue weighted by molar-refractivity contribution is 8.01. The standard InChI is InChI=1S/C10H21NO2S2/c1-4-14-6-5-7-15-10(2,3)8(11)9(12)13/h8H,4-7,11H2,1-3H3,(H,12,13)/t8-/m0/s1. The van der Waals surface area contributed by atoms with Crippen LogP contribution in [0.15, 0.2) is 0 Å². The number of hydrogen-bond donors (Lipinski definition) is 2. The predicted octanol–water partition coefficient (Wildman–Crippen LogP) is 2.05. The van der Waals surface area contributed by atoms with Gasteiger partial charge < -0.3 is 10.8 Å². The zero-order valence-electron chi connectivity index (χ0n) is 9.66. The van der Waals surface area contributed by atoms with Crippen molar-refractivity contribution in [3.8, 4) is 0 Å². The second-order valence-electron chi connectivity index (χ2n) is 3.82. The van der Waals surface area contributed by atoms with Crippen LogP contribution in [-0.2, 0) is 4.79 Å². The van der Waals surface area contributed by atoms with E-state index in [1.807, 2.05) is 25.6 Å². The van der Waals surface area contributed by atoms with Gasteiger partial charge in [0.1, 0.15) is 6.04 Å². The average molecular weight is 251 g/mol. The minimum absolute atomic E-state index is 0.386. The number of hydrogen-bond acceptors (Lipinski definition) is 4. The molecule has 0 aliphatic carbocycles. The van der Waals surface area contributed by atoms with Gasteiger partial charge in [-0.1, -0.05) is 6.92 Å². The molecule has 0 aliphatic rings. The summed E-state index contributed by atoms with van der Waals surface area (Å²) in [6.07, 6.45) is 1.11. The number of carboxylic acids is 1. The number of rotatable bonds is 8. The molecule has 0 saturated carbocycles. The maximum absolute atomic E-state index is 10.7. The first-order valence-electron chi connectivity index (χ1n) is 5.12. The minimum Gasteiger partial charge on any atom is -0.480 e. The van der Waals surface area contributed by atoms with Gasteiger partial charge in [-0.15, -0.1) is 0 Å². The van der Waals surface area contributed by atoms with Crippen LogP contribution in [-0.4, -0.2) is 39.1 Å². The van der Waals surface area contributed by atoms with Gasteiger partial charge in [-0.25, -0.2) is 0 Å². The predicted molar refractivity (Wildman–Crippen MR) is 69.8 cm³/mol. The first-order valence-corrected chi connectivity index (χ1v) is 7.26. The van der Waals surface area contributed by atoms with Gasteiger partial charge in [-0.3, -0.25) is 4.79 Å². The molecular formula is C10H21NO2S2. The van der Waals surface area contributed by atoms with E-state index in [1.54, 1.807) is 11.8 Å². The summed E-state index contributed by atoms with van der Waals surface area (Å²) in [6.45, 7) is 5.93. The van der Waals surface area contributed by atoms with E-state index in [2.05, 4.69) is 6.92 Å². The molecule has 0 amide bonds. The van der Waals surface area contributed by atoms with Gasteiger partial charge in [0, 0.05) is 4.75 Å². The molecule has 0 aromatic heterocycles. The van der Waals surface area contributed by atoms with E-state index < -0.39 is 12.0 Å². The summed E-state index contributed by atoms with van der Waals surface area (Å²) >= 11 is 3.56. The smallest absolute Gasteiger partial charge is 0.321 e. The summed E-state index contributed by atoms with van der Waals surface area (Å²) in [4.78, 5) is 10.7. The van der Waals surface area contributed by atoms with Gasteiger partial charge >= 0.3 is 5.97 Å². The van der Waals surface area contributed by atoms with Crippen LogP contribution < -0.4 is 5.73 Å². The molecule has 0 heterocycles. The van der Waals surface area contributed by atoms with E-state index in [0.29, 0.717) is 0 Å². The van der Waals surface area contributed by atoms with Crippen LogP contribution in [0.5, 0.6) is 0 Å². The summed E-state index contributed by atoms with van der Waals surface area (Å²) in [5.74, 6) is 2.33. The molecule has 0 bridgehead atoms. The maximum atomic E-state index is 10.7. The Hall–Kier alpha value is 0.130. The molecule has 3 nitrogen and oxygen atoms in total. The minimum atomic E-state index is -0.921. The van der Waals surface area contributed by atoms with Gasteiger partial charge in [0.25, 0.3) is 0 Å². The van der Waals surface area contributed by atoms with Crippen molar-refractivity contribution in [2.45, 2.75) is 38.0 Å². The number of aliphatic carboxylic acids is 1. The highest BCUT2D eigenvalue weighted by atomic mass is 32.2. The lowest BCUT2D eigenvalue weighted by molar-refractivity contribution is -0.139. The van der Waals surface area contributed by atoms with Crippen molar-refractivity contribution in [2.24, 2.45) is 5.73 Å². The SMILES string of the molecule is CCSCCCSC(C)(C)[C@@H](N)C(=O)O. The van der Waals surface area contributed by atoms with E-state index in [-0.39, 0.29) is 4.75 Å². The van der Waals surface area contributed by atoms with E-state index in [1.165, 1.54) is 0 Å². The largest absolute Gasteiger partial charge is 0.480 e. The van der Waals surface area contributed by atoms with Crippen molar-refractivity contribution >= 4 is 29.5 Å². The molecule has 0 unspecified atom stereocenters. The quantitative estimate of drug-likeness (QED) is 0.647. The van der Waals surface area contributed by atoms with Crippen molar-refractivity contribution in [2.75, 3.05) is 17.3 Å². The van der Waals surface area contributed by atoms with Crippen LogP contribution in [0.1, 0.15) is 27.2 Å². The van der Waals surface area contributed by atoms with Crippen molar-refractivity contribution in [1.82, 2.24) is 0 Å². The van der Waals surface area contributed by atoms with Crippen LogP contribution in [0.2, 0.25) is 0 Å². The molecule has 0 saturated heterocycles. The molecular weight excluding hydrogens is 230 g/mol. The van der Waals surface area contributed by atoms with Crippen LogP contribution in [0.4, 0.5) is 0 Å². The van der Waals surface area contributed by atoms with Gasteiger partial charge in [0.05, 0.1) is 0 Å². The fraction of sp³-hybridized carbons (Fsp3) is 0.900. The Labute approximate surface area is 101 Å². The third kappa shape index (κ3) is 6.33. The highest BCUT2D eigenvalue weighted by Crippen LogP contribution is 2.28. The Kier molecular flexibility index (Phi) is 7.48. The molecule has 1 atom stereocenters.